The number of ether oxygens (including phenoxy) is 1. The van der Waals surface area contributed by atoms with Crippen LogP contribution in [0.15, 0.2) is 22.5 Å². The van der Waals surface area contributed by atoms with Crippen LogP contribution in [-0.2, 0) is 11.2 Å². The molecule has 0 amide bonds. The van der Waals surface area contributed by atoms with Gasteiger partial charge in [0.1, 0.15) is 0 Å². The quantitative estimate of drug-likeness (QED) is 0.552. The van der Waals surface area contributed by atoms with Gasteiger partial charge in [-0.3, -0.25) is 4.99 Å². The van der Waals surface area contributed by atoms with E-state index in [-0.39, 0.29) is 0 Å². The molecule has 0 atom stereocenters. The van der Waals surface area contributed by atoms with E-state index < -0.39 is 0 Å². The third kappa shape index (κ3) is 7.45. The lowest BCUT2D eigenvalue weighted by molar-refractivity contribution is 0.162. The molecular weight excluding hydrogens is 284 g/mol. The Labute approximate surface area is 132 Å². The van der Waals surface area contributed by atoms with Crippen LogP contribution in [0.3, 0.4) is 0 Å². The van der Waals surface area contributed by atoms with E-state index in [2.05, 4.69) is 51.7 Å². The monoisotopic (exact) mass is 312 g/mol. The summed E-state index contributed by atoms with van der Waals surface area (Å²) in [6, 6.07) is 4.28. The first-order valence-corrected chi connectivity index (χ1v) is 8.17. The Balaban J connectivity index is 2.24. The Morgan fingerprint density at radius 3 is 2.76 bits per heavy atom. The molecule has 0 aliphatic rings. The highest BCUT2D eigenvalue weighted by molar-refractivity contribution is 7.09. The number of methoxy groups -OCH3 is 1. The van der Waals surface area contributed by atoms with Gasteiger partial charge in [-0.05, 0) is 24.9 Å². The summed E-state index contributed by atoms with van der Waals surface area (Å²) in [7, 11) is 7.75. The van der Waals surface area contributed by atoms with Crippen molar-refractivity contribution in [2.24, 2.45) is 4.99 Å². The smallest absolute Gasteiger partial charge is 0.193 e. The second-order valence-corrected chi connectivity index (χ2v) is 6.05. The summed E-state index contributed by atoms with van der Waals surface area (Å²) in [5.74, 6) is 0.951. The molecule has 120 valence electrons. The van der Waals surface area contributed by atoms with E-state index in [1.165, 1.54) is 4.88 Å². The Hall–Kier alpha value is -1.11. The molecule has 1 aromatic heterocycles. The molecule has 1 heterocycles. The van der Waals surface area contributed by atoms with E-state index in [0.717, 1.165) is 45.2 Å². The molecule has 1 rings (SSSR count). The third-order valence-electron chi connectivity index (χ3n) is 3.30. The Kier molecular flexibility index (Phi) is 9.05. The normalized spacial score (nSPS) is 12.0. The van der Waals surface area contributed by atoms with Crippen molar-refractivity contribution >= 4 is 17.3 Å². The van der Waals surface area contributed by atoms with Gasteiger partial charge in [0.15, 0.2) is 5.96 Å². The molecule has 0 spiro atoms. The highest BCUT2D eigenvalue weighted by Crippen LogP contribution is 2.09. The van der Waals surface area contributed by atoms with Crippen LogP contribution in [0.5, 0.6) is 0 Å². The number of aliphatic imine (C=N–C) groups is 1. The van der Waals surface area contributed by atoms with Gasteiger partial charge in [-0.2, -0.15) is 0 Å². The Morgan fingerprint density at radius 1 is 1.33 bits per heavy atom. The fourth-order valence-corrected chi connectivity index (χ4v) is 2.64. The zero-order chi connectivity index (χ0) is 15.5. The highest BCUT2D eigenvalue weighted by Gasteiger charge is 2.06. The van der Waals surface area contributed by atoms with E-state index >= 15 is 0 Å². The van der Waals surface area contributed by atoms with Gasteiger partial charge < -0.3 is 19.9 Å². The van der Waals surface area contributed by atoms with Gasteiger partial charge in [-0.1, -0.05) is 6.07 Å². The van der Waals surface area contributed by atoms with Crippen molar-refractivity contribution in [3.05, 3.63) is 22.4 Å². The van der Waals surface area contributed by atoms with Crippen LogP contribution in [0.1, 0.15) is 4.88 Å². The van der Waals surface area contributed by atoms with Gasteiger partial charge in [-0.15, -0.1) is 11.3 Å². The van der Waals surface area contributed by atoms with Gasteiger partial charge in [0, 0.05) is 52.3 Å². The van der Waals surface area contributed by atoms with Crippen molar-refractivity contribution in [3.63, 3.8) is 0 Å². The number of thiophene rings is 1. The van der Waals surface area contributed by atoms with Crippen LogP contribution in [-0.4, -0.2) is 76.8 Å². The lowest BCUT2D eigenvalue weighted by Crippen LogP contribution is -2.43. The van der Waals surface area contributed by atoms with Crippen LogP contribution < -0.4 is 5.32 Å². The van der Waals surface area contributed by atoms with Gasteiger partial charge in [-0.25, -0.2) is 0 Å². The molecule has 1 aromatic rings. The van der Waals surface area contributed by atoms with E-state index in [4.69, 9.17) is 4.74 Å². The standard InChI is InChI=1S/C15H28N4OS/c1-16-15(17-8-10-18(2)11-12-20-4)19(3)9-7-14-6-5-13-21-14/h5-6,13H,7-12H2,1-4H3,(H,16,17). The lowest BCUT2D eigenvalue weighted by Gasteiger charge is -2.23. The maximum Gasteiger partial charge on any atom is 0.193 e. The van der Waals surface area contributed by atoms with Crippen LogP contribution in [0, 0.1) is 0 Å². The first-order valence-electron chi connectivity index (χ1n) is 7.29. The SMILES string of the molecule is CN=C(NCCN(C)CCOC)N(C)CCc1cccs1. The maximum absolute atomic E-state index is 5.07. The molecule has 0 aliphatic carbocycles. The van der Waals surface area contributed by atoms with Gasteiger partial charge in [0.25, 0.3) is 0 Å². The molecule has 0 radical (unpaired) electrons. The van der Waals surface area contributed by atoms with Crippen molar-refractivity contribution in [2.45, 2.75) is 6.42 Å². The Morgan fingerprint density at radius 2 is 2.14 bits per heavy atom. The average molecular weight is 312 g/mol. The summed E-state index contributed by atoms with van der Waals surface area (Å²) in [5.41, 5.74) is 0. The fourth-order valence-electron chi connectivity index (χ4n) is 1.94. The van der Waals surface area contributed by atoms with Gasteiger partial charge >= 0.3 is 0 Å². The number of hydrogen-bond acceptors (Lipinski definition) is 4. The average Bonchev–Trinajstić information content (AvgIpc) is 3.00. The van der Waals surface area contributed by atoms with Crippen molar-refractivity contribution < 1.29 is 4.74 Å². The number of rotatable bonds is 9. The summed E-state index contributed by atoms with van der Waals surface area (Å²) in [4.78, 5) is 10.2. The Bertz CT molecular complexity index is 394. The summed E-state index contributed by atoms with van der Waals surface area (Å²) < 4.78 is 5.07. The zero-order valence-electron chi connectivity index (χ0n) is 13.6. The molecule has 5 nitrogen and oxygen atoms in total. The summed E-state index contributed by atoms with van der Waals surface area (Å²) >= 11 is 1.81. The van der Waals surface area contributed by atoms with Crippen molar-refractivity contribution in [2.75, 3.05) is 61.0 Å². The van der Waals surface area contributed by atoms with Crippen molar-refractivity contribution in [1.82, 2.24) is 15.1 Å². The van der Waals surface area contributed by atoms with Crippen LogP contribution >= 0.6 is 11.3 Å². The lowest BCUT2D eigenvalue weighted by atomic mass is 10.3. The minimum atomic E-state index is 0.770. The largest absolute Gasteiger partial charge is 0.383 e. The number of guanidine groups is 1. The van der Waals surface area contributed by atoms with E-state index in [9.17, 15) is 0 Å². The van der Waals surface area contributed by atoms with Gasteiger partial charge in [0.05, 0.1) is 6.61 Å². The summed E-state index contributed by atoms with van der Waals surface area (Å²) in [6.45, 7) is 4.55. The molecule has 0 aliphatic heterocycles. The van der Waals surface area contributed by atoms with Crippen LogP contribution in [0.25, 0.3) is 0 Å². The number of nitrogens with zero attached hydrogens (tertiary/aromatic N) is 3. The second-order valence-electron chi connectivity index (χ2n) is 5.02. The number of hydrogen-bond donors (Lipinski definition) is 1. The molecular formula is C15H28N4OS. The molecule has 0 aromatic carbocycles. The topological polar surface area (TPSA) is 40.1 Å². The number of nitrogens with one attached hydrogen (secondary N) is 1. The second kappa shape index (κ2) is 10.6. The van der Waals surface area contributed by atoms with Crippen LogP contribution in [0.2, 0.25) is 0 Å². The first-order chi connectivity index (χ1) is 10.2. The van der Waals surface area contributed by atoms with E-state index in [0.29, 0.717) is 0 Å². The molecule has 0 unspecified atom stereocenters. The third-order valence-corrected chi connectivity index (χ3v) is 4.24. The molecule has 6 heteroatoms. The molecule has 1 N–H and O–H groups in total. The fraction of sp³-hybridized carbons (Fsp3) is 0.667. The maximum atomic E-state index is 5.07. The molecule has 21 heavy (non-hydrogen) atoms. The minimum absolute atomic E-state index is 0.770. The van der Waals surface area contributed by atoms with E-state index in [1.54, 1.807) is 7.11 Å². The molecule has 0 bridgehead atoms. The molecule has 0 fully saturated rings. The van der Waals surface area contributed by atoms with E-state index in [1.807, 2.05) is 18.4 Å². The minimum Gasteiger partial charge on any atom is -0.383 e. The molecule has 0 saturated carbocycles. The van der Waals surface area contributed by atoms with Crippen molar-refractivity contribution in [3.8, 4) is 0 Å². The predicted octanol–water partition coefficient (Wildman–Crippen LogP) is 1.38. The summed E-state index contributed by atoms with van der Waals surface area (Å²) in [6.07, 6.45) is 1.06. The summed E-state index contributed by atoms with van der Waals surface area (Å²) in [5, 5.41) is 5.53. The van der Waals surface area contributed by atoms with Crippen molar-refractivity contribution in [1.29, 1.82) is 0 Å². The van der Waals surface area contributed by atoms with Crippen LogP contribution in [0.4, 0.5) is 0 Å². The first kappa shape index (κ1) is 17.9. The number of likely N-dealkylation sites (N-methyl/N-ethyl adjacent to an activating group) is 2. The van der Waals surface area contributed by atoms with Gasteiger partial charge in [0.2, 0.25) is 0 Å². The zero-order valence-corrected chi connectivity index (χ0v) is 14.4. The highest BCUT2D eigenvalue weighted by atomic mass is 32.1. The molecule has 0 saturated heterocycles. The predicted molar refractivity (Wildman–Crippen MR) is 91.4 cm³/mol.